The number of fused-ring (bicyclic) bond motifs is 1. The third-order valence-corrected chi connectivity index (χ3v) is 4.41. The zero-order valence-corrected chi connectivity index (χ0v) is 14.0. The van der Waals surface area contributed by atoms with Crippen LogP contribution in [0.15, 0.2) is 40.9 Å². The van der Waals surface area contributed by atoms with Crippen LogP contribution in [0, 0.1) is 6.92 Å². The molecule has 1 amide bonds. The first kappa shape index (κ1) is 15.6. The molecular formula is C18H19N5O2. The Morgan fingerprint density at radius 2 is 2.24 bits per heavy atom. The smallest absolute Gasteiger partial charge is 0.253 e. The number of carbonyl (C=O) groups is 1. The average Bonchev–Trinajstić information content (AvgIpc) is 3.02. The number of carbonyl (C=O) groups excluding carboxylic acids is 1. The Morgan fingerprint density at radius 1 is 1.32 bits per heavy atom. The summed E-state index contributed by atoms with van der Waals surface area (Å²) in [6.07, 6.45) is 3.60. The topological polar surface area (TPSA) is 84.2 Å². The second kappa shape index (κ2) is 6.51. The van der Waals surface area contributed by atoms with Crippen LogP contribution in [0.1, 0.15) is 29.1 Å². The Hall–Kier alpha value is -2.96. The summed E-state index contributed by atoms with van der Waals surface area (Å²) in [7, 11) is 0. The number of hydrogen-bond acceptors (Lipinski definition) is 6. The van der Waals surface area contributed by atoms with Crippen molar-refractivity contribution in [3.63, 3.8) is 0 Å². The molecular weight excluding hydrogens is 318 g/mol. The molecule has 0 spiro atoms. The third kappa shape index (κ3) is 3.17. The van der Waals surface area contributed by atoms with Crippen molar-refractivity contribution in [2.75, 3.05) is 18.0 Å². The van der Waals surface area contributed by atoms with E-state index in [9.17, 15) is 4.79 Å². The first-order valence-electron chi connectivity index (χ1n) is 8.40. The van der Waals surface area contributed by atoms with Gasteiger partial charge in [-0.25, -0.2) is 4.98 Å². The van der Waals surface area contributed by atoms with Gasteiger partial charge in [-0.15, -0.1) is 5.10 Å². The number of nitrogens with zero attached hydrogens (tertiary/aromatic N) is 4. The molecule has 2 aromatic heterocycles. The summed E-state index contributed by atoms with van der Waals surface area (Å²) in [5.74, 6) is 1.28. The van der Waals surface area contributed by atoms with Gasteiger partial charge in [-0.05, 0) is 37.1 Å². The maximum Gasteiger partial charge on any atom is 0.253 e. The fraction of sp³-hybridized carbons (Fsp3) is 0.333. The summed E-state index contributed by atoms with van der Waals surface area (Å²) in [5, 5.41) is 11.2. The SMILES string of the molecule is Cc1nc2c(C(=O)NC3CCCN(c4cccnn4)C3)cccc2o1. The van der Waals surface area contributed by atoms with Crippen molar-refractivity contribution in [1.82, 2.24) is 20.5 Å². The van der Waals surface area contributed by atoms with Crippen LogP contribution in [0.3, 0.4) is 0 Å². The number of oxazole rings is 1. The second-order valence-corrected chi connectivity index (χ2v) is 6.23. The van der Waals surface area contributed by atoms with Crippen LogP contribution < -0.4 is 10.2 Å². The fourth-order valence-corrected chi connectivity index (χ4v) is 3.27. The van der Waals surface area contributed by atoms with E-state index in [1.165, 1.54) is 0 Å². The molecule has 1 fully saturated rings. The van der Waals surface area contributed by atoms with Gasteiger partial charge in [0.05, 0.1) is 5.56 Å². The van der Waals surface area contributed by atoms with E-state index in [2.05, 4.69) is 25.4 Å². The van der Waals surface area contributed by atoms with Gasteiger partial charge in [0, 0.05) is 32.3 Å². The normalized spacial score (nSPS) is 17.6. The van der Waals surface area contributed by atoms with Crippen LogP contribution in [-0.4, -0.2) is 40.2 Å². The lowest BCUT2D eigenvalue weighted by atomic mass is 10.0. The van der Waals surface area contributed by atoms with Gasteiger partial charge in [0.15, 0.2) is 17.3 Å². The monoisotopic (exact) mass is 337 g/mol. The number of aryl methyl sites for hydroxylation is 1. The highest BCUT2D eigenvalue weighted by molar-refractivity contribution is 6.04. The number of aromatic nitrogens is 3. The van der Waals surface area contributed by atoms with E-state index in [-0.39, 0.29) is 11.9 Å². The van der Waals surface area contributed by atoms with Gasteiger partial charge in [-0.2, -0.15) is 5.10 Å². The Kier molecular flexibility index (Phi) is 4.05. The number of piperidine rings is 1. The summed E-state index contributed by atoms with van der Waals surface area (Å²) < 4.78 is 5.51. The molecule has 1 aliphatic heterocycles. The zero-order chi connectivity index (χ0) is 17.2. The Labute approximate surface area is 145 Å². The predicted octanol–water partition coefficient (Wildman–Crippen LogP) is 2.33. The number of hydrogen-bond donors (Lipinski definition) is 1. The van der Waals surface area contributed by atoms with Crippen LogP contribution in [0.5, 0.6) is 0 Å². The number of benzene rings is 1. The lowest BCUT2D eigenvalue weighted by molar-refractivity contribution is 0.0934. The van der Waals surface area contributed by atoms with Gasteiger partial charge in [-0.3, -0.25) is 4.79 Å². The maximum atomic E-state index is 12.7. The molecule has 1 N–H and O–H groups in total. The lowest BCUT2D eigenvalue weighted by Gasteiger charge is -2.33. The van der Waals surface area contributed by atoms with Crippen LogP contribution in [0.2, 0.25) is 0 Å². The predicted molar refractivity (Wildman–Crippen MR) is 93.5 cm³/mol. The zero-order valence-electron chi connectivity index (χ0n) is 14.0. The van der Waals surface area contributed by atoms with Crippen molar-refractivity contribution in [3.8, 4) is 0 Å². The molecule has 0 aliphatic carbocycles. The van der Waals surface area contributed by atoms with Gasteiger partial charge in [0.1, 0.15) is 5.52 Å². The molecule has 1 unspecified atom stereocenters. The van der Waals surface area contributed by atoms with Gasteiger partial charge >= 0.3 is 0 Å². The summed E-state index contributed by atoms with van der Waals surface area (Å²) in [6, 6.07) is 9.29. The minimum atomic E-state index is -0.120. The average molecular weight is 337 g/mol. The molecule has 0 saturated carbocycles. The second-order valence-electron chi connectivity index (χ2n) is 6.23. The van der Waals surface area contributed by atoms with E-state index < -0.39 is 0 Å². The molecule has 3 heterocycles. The number of rotatable bonds is 3. The van der Waals surface area contributed by atoms with Crippen molar-refractivity contribution < 1.29 is 9.21 Å². The van der Waals surface area contributed by atoms with Gasteiger partial charge in [0.2, 0.25) is 0 Å². The Balaban J connectivity index is 1.50. The molecule has 1 atom stereocenters. The van der Waals surface area contributed by atoms with E-state index in [0.717, 1.165) is 31.7 Å². The molecule has 3 aromatic rings. The van der Waals surface area contributed by atoms with E-state index in [4.69, 9.17) is 4.42 Å². The molecule has 128 valence electrons. The number of anilines is 1. The van der Waals surface area contributed by atoms with Gasteiger partial charge in [-0.1, -0.05) is 6.07 Å². The van der Waals surface area contributed by atoms with Crippen LogP contribution in [0.4, 0.5) is 5.82 Å². The van der Waals surface area contributed by atoms with E-state index in [1.807, 2.05) is 24.3 Å². The number of amides is 1. The van der Waals surface area contributed by atoms with Gasteiger partial charge in [0.25, 0.3) is 5.91 Å². The molecule has 7 heteroatoms. The Morgan fingerprint density at radius 3 is 3.08 bits per heavy atom. The van der Waals surface area contributed by atoms with E-state index >= 15 is 0 Å². The fourth-order valence-electron chi connectivity index (χ4n) is 3.27. The van der Waals surface area contributed by atoms with Crippen LogP contribution >= 0.6 is 0 Å². The molecule has 4 rings (SSSR count). The minimum Gasteiger partial charge on any atom is -0.441 e. The first-order chi connectivity index (χ1) is 12.2. The number of nitrogens with one attached hydrogen (secondary N) is 1. The third-order valence-electron chi connectivity index (χ3n) is 4.41. The lowest BCUT2D eigenvalue weighted by Crippen LogP contribution is -2.48. The standard InChI is InChI=1S/C18H19N5O2/c1-12-20-17-14(6-2-7-15(17)25-12)18(24)21-13-5-4-10-23(11-13)16-8-3-9-19-22-16/h2-3,6-9,13H,4-5,10-11H2,1H3,(H,21,24). The first-order valence-corrected chi connectivity index (χ1v) is 8.40. The molecule has 25 heavy (non-hydrogen) atoms. The summed E-state index contributed by atoms with van der Waals surface area (Å²) in [6.45, 7) is 3.42. The highest BCUT2D eigenvalue weighted by Crippen LogP contribution is 2.21. The van der Waals surface area contributed by atoms with Crippen molar-refractivity contribution in [2.24, 2.45) is 0 Å². The van der Waals surface area contributed by atoms with Crippen LogP contribution in [0.25, 0.3) is 11.1 Å². The van der Waals surface area contributed by atoms with E-state index in [0.29, 0.717) is 22.6 Å². The quantitative estimate of drug-likeness (QED) is 0.789. The molecule has 1 aromatic carbocycles. The molecule has 1 saturated heterocycles. The van der Waals surface area contributed by atoms with Crippen molar-refractivity contribution in [3.05, 3.63) is 48.0 Å². The molecule has 0 radical (unpaired) electrons. The van der Waals surface area contributed by atoms with Crippen LogP contribution in [-0.2, 0) is 0 Å². The van der Waals surface area contributed by atoms with Crippen molar-refractivity contribution in [2.45, 2.75) is 25.8 Å². The van der Waals surface area contributed by atoms with Crippen molar-refractivity contribution >= 4 is 22.8 Å². The molecule has 1 aliphatic rings. The van der Waals surface area contributed by atoms with Crippen molar-refractivity contribution in [1.29, 1.82) is 0 Å². The summed E-state index contributed by atoms with van der Waals surface area (Å²) >= 11 is 0. The summed E-state index contributed by atoms with van der Waals surface area (Å²) in [4.78, 5) is 19.2. The minimum absolute atomic E-state index is 0.0616. The van der Waals surface area contributed by atoms with Gasteiger partial charge < -0.3 is 14.6 Å². The summed E-state index contributed by atoms with van der Waals surface area (Å²) in [5.41, 5.74) is 1.79. The molecule has 7 nitrogen and oxygen atoms in total. The highest BCUT2D eigenvalue weighted by atomic mass is 16.3. The largest absolute Gasteiger partial charge is 0.441 e. The molecule has 0 bridgehead atoms. The Bertz CT molecular complexity index is 893. The van der Waals surface area contributed by atoms with E-state index in [1.54, 1.807) is 19.2 Å². The highest BCUT2D eigenvalue weighted by Gasteiger charge is 2.24. The number of para-hydroxylation sites is 1. The maximum absolute atomic E-state index is 12.7.